The van der Waals surface area contributed by atoms with Crippen molar-refractivity contribution in [2.75, 3.05) is 22.4 Å². The van der Waals surface area contributed by atoms with Crippen molar-refractivity contribution in [1.82, 2.24) is 0 Å². The molecular weight excluding hydrogens is 455 g/mol. The highest BCUT2D eigenvalue weighted by Gasteiger charge is 2.20. The number of halogens is 2. The van der Waals surface area contributed by atoms with E-state index in [1.165, 1.54) is 10.4 Å². The Balaban J connectivity index is 1.68. The summed E-state index contributed by atoms with van der Waals surface area (Å²) in [5.74, 6) is -0.200. The van der Waals surface area contributed by atoms with E-state index in [-0.39, 0.29) is 23.9 Å². The van der Waals surface area contributed by atoms with Gasteiger partial charge in [0.15, 0.2) is 0 Å². The molecule has 0 spiro atoms. The molecule has 3 aromatic carbocycles. The van der Waals surface area contributed by atoms with Crippen molar-refractivity contribution in [1.29, 1.82) is 0 Å². The third-order valence-corrected chi connectivity index (χ3v) is 6.36. The Morgan fingerprint density at radius 1 is 0.968 bits per heavy atom. The van der Waals surface area contributed by atoms with E-state index in [2.05, 4.69) is 5.32 Å². The summed E-state index contributed by atoms with van der Waals surface area (Å²) in [4.78, 5) is 12.6. The van der Waals surface area contributed by atoms with Crippen molar-refractivity contribution in [2.24, 2.45) is 0 Å². The number of sulfonamides is 1. The first-order valence-electron chi connectivity index (χ1n) is 9.63. The van der Waals surface area contributed by atoms with Crippen molar-refractivity contribution < 1.29 is 13.2 Å². The standard InChI is InChI=1S/C23H22Cl2N2O3S/c1-31(29,30)27(22-16-18(24)13-14-20(22)25)15-7-12-23(28)26-21-11-6-5-10-19(21)17-8-3-2-4-9-17/h2-6,8-11,13-14,16H,7,12,15H2,1H3,(H,26,28). The van der Waals surface area contributed by atoms with Crippen LogP contribution in [0, 0.1) is 0 Å². The first kappa shape index (κ1) is 23.1. The number of para-hydroxylation sites is 1. The zero-order valence-electron chi connectivity index (χ0n) is 16.9. The summed E-state index contributed by atoms with van der Waals surface area (Å²) < 4.78 is 25.7. The van der Waals surface area contributed by atoms with Crippen molar-refractivity contribution in [3.8, 4) is 11.1 Å². The SMILES string of the molecule is CS(=O)(=O)N(CCCC(=O)Nc1ccccc1-c1ccccc1)c1cc(Cl)ccc1Cl. The Bertz CT molecular complexity index is 1170. The van der Waals surface area contributed by atoms with Gasteiger partial charge >= 0.3 is 0 Å². The maximum absolute atomic E-state index is 12.6. The smallest absolute Gasteiger partial charge is 0.232 e. The van der Waals surface area contributed by atoms with Gasteiger partial charge < -0.3 is 5.32 Å². The minimum absolute atomic E-state index is 0.104. The maximum atomic E-state index is 12.6. The highest BCUT2D eigenvalue weighted by atomic mass is 35.5. The second kappa shape index (κ2) is 10.2. The summed E-state index contributed by atoms with van der Waals surface area (Å²) in [7, 11) is -3.60. The fourth-order valence-electron chi connectivity index (χ4n) is 3.20. The molecule has 0 saturated heterocycles. The van der Waals surface area contributed by atoms with Gasteiger partial charge in [0.1, 0.15) is 0 Å². The summed E-state index contributed by atoms with van der Waals surface area (Å²) in [6, 6.07) is 22.0. The van der Waals surface area contributed by atoms with Gasteiger partial charge in [0.25, 0.3) is 0 Å². The summed E-state index contributed by atoms with van der Waals surface area (Å²) in [5, 5.41) is 3.58. The molecule has 0 aliphatic heterocycles. The number of benzene rings is 3. The second-order valence-corrected chi connectivity index (χ2v) is 9.74. The quantitative estimate of drug-likeness (QED) is 0.443. The van der Waals surface area contributed by atoms with Gasteiger partial charge in [0.2, 0.25) is 15.9 Å². The fourth-order valence-corrected chi connectivity index (χ4v) is 4.60. The van der Waals surface area contributed by atoms with Crippen LogP contribution in [0.1, 0.15) is 12.8 Å². The number of carbonyl (C=O) groups excluding carboxylic acids is 1. The average molecular weight is 477 g/mol. The Kier molecular flexibility index (Phi) is 7.59. The molecule has 0 fully saturated rings. The monoisotopic (exact) mass is 476 g/mol. The zero-order chi connectivity index (χ0) is 22.4. The maximum Gasteiger partial charge on any atom is 0.232 e. The van der Waals surface area contributed by atoms with Crippen molar-refractivity contribution in [2.45, 2.75) is 12.8 Å². The number of anilines is 2. The van der Waals surface area contributed by atoms with Gasteiger partial charge in [-0.05, 0) is 36.2 Å². The minimum atomic E-state index is -3.60. The summed E-state index contributed by atoms with van der Waals surface area (Å²) in [5.41, 5.74) is 2.92. The molecular formula is C23H22Cl2N2O3S. The van der Waals surface area contributed by atoms with Crippen LogP contribution in [0.15, 0.2) is 72.8 Å². The molecule has 0 aromatic heterocycles. The van der Waals surface area contributed by atoms with E-state index >= 15 is 0 Å². The van der Waals surface area contributed by atoms with Crippen molar-refractivity contribution in [3.05, 3.63) is 82.8 Å². The van der Waals surface area contributed by atoms with Crippen LogP contribution < -0.4 is 9.62 Å². The number of hydrogen-bond donors (Lipinski definition) is 1. The molecule has 1 N–H and O–H groups in total. The molecule has 8 heteroatoms. The summed E-state index contributed by atoms with van der Waals surface area (Å²) in [6.07, 6.45) is 1.56. The fraction of sp³-hybridized carbons (Fsp3) is 0.174. The highest BCUT2D eigenvalue weighted by Crippen LogP contribution is 2.31. The number of nitrogens with zero attached hydrogens (tertiary/aromatic N) is 1. The third-order valence-electron chi connectivity index (χ3n) is 4.63. The van der Waals surface area contributed by atoms with E-state index in [1.54, 1.807) is 12.1 Å². The Hall–Kier alpha value is -2.54. The van der Waals surface area contributed by atoms with Gasteiger partial charge in [-0.2, -0.15) is 0 Å². The Morgan fingerprint density at radius 2 is 1.65 bits per heavy atom. The van der Waals surface area contributed by atoms with Crippen molar-refractivity contribution >= 4 is 50.5 Å². The lowest BCUT2D eigenvalue weighted by Gasteiger charge is -2.23. The zero-order valence-corrected chi connectivity index (χ0v) is 19.2. The normalized spacial score (nSPS) is 11.2. The van der Waals surface area contributed by atoms with Crippen LogP contribution in [0.5, 0.6) is 0 Å². The van der Waals surface area contributed by atoms with Crippen LogP contribution in [-0.2, 0) is 14.8 Å². The van der Waals surface area contributed by atoms with Crippen LogP contribution in [-0.4, -0.2) is 27.1 Å². The van der Waals surface area contributed by atoms with Gasteiger partial charge in [0, 0.05) is 29.2 Å². The van der Waals surface area contributed by atoms with Gasteiger partial charge in [-0.3, -0.25) is 9.10 Å². The van der Waals surface area contributed by atoms with E-state index in [0.29, 0.717) is 22.8 Å². The molecule has 5 nitrogen and oxygen atoms in total. The first-order chi connectivity index (χ1) is 14.8. The van der Waals surface area contributed by atoms with Gasteiger partial charge in [-0.25, -0.2) is 8.42 Å². The summed E-state index contributed by atoms with van der Waals surface area (Å²) >= 11 is 12.2. The lowest BCUT2D eigenvalue weighted by atomic mass is 10.0. The average Bonchev–Trinajstić information content (AvgIpc) is 2.73. The number of rotatable bonds is 8. The molecule has 0 bridgehead atoms. The van der Waals surface area contributed by atoms with Crippen LogP contribution >= 0.6 is 23.2 Å². The molecule has 0 aliphatic rings. The van der Waals surface area contributed by atoms with Crippen molar-refractivity contribution in [3.63, 3.8) is 0 Å². The molecule has 31 heavy (non-hydrogen) atoms. The van der Waals surface area contributed by atoms with Gasteiger partial charge in [0.05, 0.1) is 17.0 Å². The largest absolute Gasteiger partial charge is 0.326 e. The van der Waals surface area contributed by atoms with E-state index in [0.717, 1.165) is 17.4 Å². The number of hydrogen-bond acceptors (Lipinski definition) is 3. The van der Waals surface area contributed by atoms with E-state index < -0.39 is 10.0 Å². The molecule has 162 valence electrons. The van der Waals surface area contributed by atoms with E-state index in [9.17, 15) is 13.2 Å². The lowest BCUT2D eigenvalue weighted by Crippen LogP contribution is -2.31. The van der Waals surface area contributed by atoms with E-state index in [1.807, 2.05) is 54.6 Å². The number of carbonyl (C=O) groups is 1. The highest BCUT2D eigenvalue weighted by molar-refractivity contribution is 7.92. The third kappa shape index (κ3) is 6.23. The number of nitrogens with one attached hydrogen (secondary N) is 1. The van der Waals surface area contributed by atoms with E-state index in [4.69, 9.17) is 23.2 Å². The predicted molar refractivity (Wildman–Crippen MR) is 128 cm³/mol. The van der Waals surface area contributed by atoms with Crippen LogP contribution in [0.4, 0.5) is 11.4 Å². The minimum Gasteiger partial charge on any atom is -0.326 e. The number of amides is 1. The molecule has 0 radical (unpaired) electrons. The van der Waals surface area contributed by atoms with Gasteiger partial charge in [-0.15, -0.1) is 0 Å². The molecule has 0 aliphatic carbocycles. The molecule has 3 rings (SSSR count). The van der Waals surface area contributed by atoms with Gasteiger partial charge in [-0.1, -0.05) is 71.7 Å². The molecule has 0 unspecified atom stereocenters. The summed E-state index contributed by atoms with van der Waals surface area (Å²) in [6.45, 7) is 0.104. The predicted octanol–water partition coefficient (Wildman–Crippen LogP) is 5.85. The first-order valence-corrected chi connectivity index (χ1v) is 12.2. The molecule has 3 aromatic rings. The van der Waals surface area contributed by atoms with Crippen LogP contribution in [0.25, 0.3) is 11.1 Å². The second-order valence-electron chi connectivity index (χ2n) is 6.99. The molecule has 0 saturated carbocycles. The Labute approximate surface area is 192 Å². The molecule has 0 heterocycles. The van der Waals surface area contributed by atoms with Crippen LogP contribution in [0.3, 0.4) is 0 Å². The molecule has 1 amide bonds. The van der Waals surface area contributed by atoms with Crippen LogP contribution in [0.2, 0.25) is 10.0 Å². The molecule has 0 atom stereocenters. The topological polar surface area (TPSA) is 66.5 Å². The lowest BCUT2D eigenvalue weighted by molar-refractivity contribution is -0.116. The Morgan fingerprint density at radius 3 is 2.35 bits per heavy atom.